The highest BCUT2D eigenvalue weighted by Gasteiger charge is 2.42. The number of carbonyl (C=O) groups is 1. The Morgan fingerprint density at radius 1 is 1.14 bits per heavy atom. The maximum Gasteiger partial charge on any atom is 0.230 e. The number of nitrogens with zero attached hydrogens (tertiary/aromatic N) is 2. The molecule has 1 fully saturated rings. The van der Waals surface area contributed by atoms with Gasteiger partial charge < -0.3 is 15.5 Å². The van der Waals surface area contributed by atoms with E-state index in [1.54, 1.807) is 19.0 Å². The number of nitrogens with one attached hydrogen (secondary N) is 2. The second-order valence-corrected chi connectivity index (χ2v) is 7.34. The molecule has 0 unspecified atom stereocenters. The Morgan fingerprint density at radius 3 is 2.29 bits per heavy atom. The number of carbonyl (C=O) groups excluding carboxylic acids is 1. The van der Waals surface area contributed by atoms with Crippen LogP contribution in [0.3, 0.4) is 0 Å². The molecule has 1 aliphatic carbocycles. The van der Waals surface area contributed by atoms with Gasteiger partial charge in [0.15, 0.2) is 5.96 Å². The van der Waals surface area contributed by atoms with E-state index in [1.165, 1.54) is 12.1 Å². The normalized spacial score (nSPS) is 15.7. The molecule has 1 aromatic carbocycles. The van der Waals surface area contributed by atoms with Crippen molar-refractivity contribution in [1.29, 1.82) is 0 Å². The Balaban J connectivity index is 0.00000392. The van der Waals surface area contributed by atoms with E-state index in [1.807, 2.05) is 6.92 Å². The maximum absolute atomic E-state index is 13.3. The quantitative estimate of drug-likeness (QED) is 0.338. The van der Waals surface area contributed by atoms with Crippen molar-refractivity contribution in [2.45, 2.75) is 39.0 Å². The number of hydrogen-bond acceptors (Lipinski definition) is 2. The molecular formula is C20H31F2IN4O. The van der Waals surface area contributed by atoms with Gasteiger partial charge in [-0.3, -0.25) is 9.79 Å². The van der Waals surface area contributed by atoms with E-state index in [-0.39, 0.29) is 29.9 Å². The molecule has 0 spiro atoms. The summed E-state index contributed by atoms with van der Waals surface area (Å²) in [5.41, 5.74) is 0.170. The van der Waals surface area contributed by atoms with Crippen molar-refractivity contribution in [2.24, 2.45) is 10.4 Å². The highest BCUT2D eigenvalue weighted by atomic mass is 127. The number of guanidine groups is 1. The van der Waals surface area contributed by atoms with Gasteiger partial charge in [0.25, 0.3) is 0 Å². The lowest BCUT2D eigenvalue weighted by Crippen LogP contribution is -2.43. The smallest absolute Gasteiger partial charge is 0.230 e. The zero-order valence-corrected chi connectivity index (χ0v) is 19.2. The molecule has 158 valence electrons. The van der Waals surface area contributed by atoms with Gasteiger partial charge in [-0.2, -0.15) is 0 Å². The van der Waals surface area contributed by atoms with Gasteiger partial charge in [-0.1, -0.05) is 12.8 Å². The largest absolute Gasteiger partial charge is 0.357 e. The van der Waals surface area contributed by atoms with Crippen LogP contribution in [0.15, 0.2) is 23.2 Å². The van der Waals surface area contributed by atoms with E-state index in [4.69, 9.17) is 0 Å². The molecule has 1 saturated carbocycles. The first-order chi connectivity index (χ1) is 12.9. The van der Waals surface area contributed by atoms with E-state index in [9.17, 15) is 13.6 Å². The summed E-state index contributed by atoms with van der Waals surface area (Å²) in [5.74, 6) is -0.395. The van der Waals surface area contributed by atoms with Crippen LogP contribution in [0.5, 0.6) is 0 Å². The molecule has 5 nitrogen and oxygen atoms in total. The second kappa shape index (κ2) is 11.5. The van der Waals surface area contributed by atoms with Gasteiger partial charge in [-0.25, -0.2) is 8.78 Å². The topological polar surface area (TPSA) is 56.7 Å². The van der Waals surface area contributed by atoms with Crippen LogP contribution in [0.2, 0.25) is 0 Å². The summed E-state index contributed by atoms with van der Waals surface area (Å²) in [4.78, 5) is 18.9. The molecule has 0 bridgehead atoms. The number of hydrogen-bond donors (Lipinski definition) is 2. The van der Waals surface area contributed by atoms with Crippen molar-refractivity contribution in [3.63, 3.8) is 0 Å². The summed E-state index contributed by atoms with van der Waals surface area (Å²) < 4.78 is 26.6. The van der Waals surface area contributed by atoms with Gasteiger partial charge >= 0.3 is 0 Å². The number of rotatable bonds is 7. The van der Waals surface area contributed by atoms with Gasteiger partial charge in [-0.15, -0.1) is 24.0 Å². The fourth-order valence-electron chi connectivity index (χ4n) is 3.62. The minimum absolute atomic E-state index is 0. The maximum atomic E-state index is 13.3. The van der Waals surface area contributed by atoms with Gasteiger partial charge in [0.2, 0.25) is 5.91 Å². The third-order valence-electron chi connectivity index (χ3n) is 4.93. The van der Waals surface area contributed by atoms with Crippen molar-refractivity contribution < 1.29 is 13.6 Å². The summed E-state index contributed by atoms with van der Waals surface area (Å²) in [6.45, 7) is 3.59. The van der Waals surface area contributed by atoms with E-state index in [0.29, 0.717) is 37.6 Å². The van der Waals surface area contributed by atoms with Crippen LogP contribution >= 0.6 is 24.0 Å². The molecule has 0 saturated heterocycles. The van der Waals surface area contributed by atoms with E-state index in [0.717, 1.165) is 31.7 Å². The van der Waals surface area contributed by atoms with E-state index in [2.05, 4.69) is 15.6 Å². The van der Waals surface area contributed by atoms with E-state index < -0.39 is 17.0 Å². The molecule has 1 aromatic rings. The molecule has 28 heavy (non-hydrogen) atoms. The van der Waals surface area contributed by atoms with Crippen molar-refractivity contribution in [3.8, 4) is 0 Å². The van der Waals surface area contributed by atoms with Crippen molar-refractivity contribution >= 4 is 35.8 Å². The summed E-state index contributed by atoms with van der Waals surface area (Å²) in [6.07, 6.45) is 4.28. The average Bonchev–Trinajstić information content (AvgIpc) is 3.08. The first-order valence-corrected chi connectivity index (χ1v) is 9.55. The SMILES string of the molecule is CCNC(=NCC1(C(=O)N(C)C)CCCC1)NCCc1cc(F)cc(F)c1.I. The van der Waals surface area contributed by atoms with Gasteiger partial charge in [-0.05, 0) is 43.9 Å². The molecule has 1 aliphatic rings. The summed E-state index contributed by atoms with van der Waals surface area (Å²) in [5, 5.41) is 6.35. The van der Waals surface area contributed by atoms with Crippen molar-refractivity contribution in [1.82, 2.24) is 15.5 Å². The Kier molecular flexibility index (Phi) is 10.1. The molecule has 2 N–H and O–H groups in total. The number of aliphatic imine (C=N–C) groups is 1. The van der Waals surface area contributed by atoms with Crippen LogP contribution in [-0.2, 0) is 11.2 Å². The highest BCUT2D eigenvalue weighted by Crippen LogP contribution is 2.39. The van der Waals surface area contributed by atoms with Gasteiger partial charge in [0.1, 0.15) is 11.6 Å². The van der Waals surface area contributed by atoms with Crippen LogP contribution < -0.4 is 10.6 Å². The zero-order chi connectivity index (χ0) is 19.9. The molecule has 0 radical (unpaired) electrons. The average molecular weight is 508 g/mol. The molecule has 8 heteroatoms. The molecule has 2 rings (SSSR count). The third-order valence-corrected chi connectivity index (χ3v) is 4.93. The standard InChI is InChI=1S/C20H30F2N4O.HI/c1-4-23-19(24-10-7-15-11-16(21)13-17(22)12-15)25-14-20(8-5-6-9-20)18(27)26(2)3;/h11-13H,4-10,14H2,1-3H3,(H2,23,24,25);1H. The molecular weight excluding hydrogens is 477 g/mol. The predicted molar refractivity (Wildman–Crippen MR) is 119 cm³/mol. The Labute approximate surface area is 183 Å². The minimum Gasteiger partial charge on any atom is -0.357 e. The second-order valence-electron chi connectivity index (χ2n) is 7.34. The van der Waals surface area contributed by atoms with Crippen LogP contribution in [0, 0.1) is 17.0 Å². The lowest BCUT2D eigenvalue weighted by atomic mass is 9.85. The minimum atomic E-state index is -0.573. The summed E-state index contributed by atoms with van der Waals surface area (Å²) >= 11 is 0. The van der Waals surface area contributed by atoms with Crippen LogP contribution in [0.4, 0.5) is 8.78 Å². The molecule has 0 atom stereocenters. The zero-order valence-electron chi connectivity index (χ0n) is 16.9. The third kappa shape index (κ3) is 6.86. The van der Waals surface area contributed by atoms with Gasteiger partial charge in [0.05, 0.1) is 12.0 Å². The molecule has 0 heterocycles. The predicted octanol–water partition coefficient (Wildman–Crippen LogP) is 3.33. The van der Waals surface area contributed by atoms with Gasteiger partial charge in [0, 0.05) is 33.3 Å². The van der Waals surface area contributed by atoms with Crippen LogP contribution in [0.25, 0.3) is 0 Å². The molecule has 1 amide bonds. The lowest BCUT2D eigenvalue weighted by molar-refractivity contribution is -0.138. The lowest BCUT2D eigenvalue weighted by Gasteiger charge is -2.29. The summed E-state index contributed by atoms with van der Waals surface area (Å²) in [6, 6.07) is 3.53. The first kappa shape index (κ1) is 24.6. The highest BCUT2D eigenvalue weighted by molar-refractivity contribution is 14.0. The number of halogens is 3. The van der Waals surface area contributed by atoms with E-state index >= 15 is 0 Å². The Bertz CT molecular complexity index is 656. The Hall–Kier alpha value is -1.45. The number of benzene rings is 1. The fourth-order valence-corrected chi connectivity index (χ4v) is 3.62. The fraction of sp³-hybridized carbons (Fsp3) is 0.600. The number of amides is 1. The molecule has 0 aliphatic heterocycles. The Morgan fingerprint density at radius 2 is 1.75 bits per heavy atom. The van der Waals surface area contributed by atoms with Crippen molar-refractivity contribution in [3.05, 3.63) is 35.4 Å². The van der Waals surface area contributed by atoms with Crippen LogP contribution in [-0.4, -0.2) is 50.5 Å². The van der Waals surface area contributed by atoms with Crippen LogP contribution in [0.1, 0.15) is 38.2 Å². The molecule has 0 aromatic heterocycles. The first-order valence-electron chi connectivity index (χ1n) is 9.55. The monoisotopic (exact) mass is 508 g/mol. The summed E-state index contributed by atoms with van der Waals surface area (Å²) in [7, 11) is 3.57. The van der Waals surface area contributed by atoms with Crippen molar-refractivity contribution in [2.75, 3.05) is 33.7 Å².